The SMILES string of the molecule is CC1CC=CC(c2ccccc2-c2cccc(-n3c4ccccc4c4ccccc43)c2C#N)=C1n1c2ccc(C#N)cc2c2c(C#N)cccc21. The monoisotopic (exact) mass is 651 g/mol. The highest BCUT2D eigenvalue weighted by Gasteiger charge is 2.26. The predicted octanol–water partition coefficient (Wildman–Crippen LogP) is 11.1. The van der Waals surface area contributed by atoms with E-state index in [-0.39, 0.29) is 5.92 Å². The third-order valence-electron chi connectivity index (χ3n) is 10.3. The maximum absolute atomic E-state index is 10.9. The number of fused-ring (bicyclic) bond motifs is 6. The second kappa shape index (κ2) is 11.8. The summed E-state index contributed by atoms with van der Waals surface area (Å²) >= 11 is 0. The van der Waals surface area contributed by atoms with Crippen LogP contribution in [-0.4, -0.2) is 9.13 Å². The highest BCUT2D eigenvalue weighted by molar-refractivity contribution is 6.15. The third-order valence-corrected chi connectivity index (χ3v) is 10.3. The zero-order valence-corrected chi connectivity index (χ0v) is 27.8. The van der Waals surface area contributed by atoms with Crippen molar-refractivity contribution in [1.82, 2.24) is 9.13 Å². The first-order valence-electron chi connectivity index (χ1n) is 17.0. The summed E-state index contributed by atoms with van der Waals surface area (Å²) in [4.78, 5) is 0. The van der Waals surface area contributed by atoms with Gasteiger partial charge in [-0.3, -0.25) is 0 Å². The summed E-state index contributed by atoms with van der Waals surface area (Å²) in [6.07, 6.45) is 5.28. The zero-order valence-electron chi connectivity index (χ0n) is 27.8. The van der Waals surface area contributed by atoms with Gasteiger partial charge in [-0.15, -0.1) is 0 Å². The van der Waals surface area contributed by atoms with Gasteiger partial charge in [-0.25, -0.2) is 0 Å². The summed E-state index contributed by atoms with van der Waals surface area (Å²) in [7, 11) is 0. The molecule has 51 heavy (non-hydrogen) atoms. The van der Waals surface area contributed by atoms with Gasteiger partial charge in [0.05, 0.1) is 56.6 Å². The van der Waals surface area contributed by atoms with Crippen LogP contribution in [0.25, 0.3) is 71.7 Å². The van der Waals surface area contributed by atoms with E-state index in [0.717, 1.165) is 83.7 Å². The molecule has 1 atom stereocenters. The van der Waals surface area contributed by atoms with E-state index >= 15 is 0 Å². The van der Waals surface area contributed by atoms with E-state index < -0.39 is 0 Å². The quantitative estimate of drug-likeness (QED) is 0.190. The minimum Gasteiger partial charge on any atom is -0.312 e. The van der Waals surface area contributed by atoms with Gasteiger partial charge >= 0.3 is 0 Å². The van der Waals surface area contributed by atoms with E-state index in [0.29, 0.717) is 16.7 Å². The Morgan fingerprint density at radius 3 is 1.94 bits per heavy atom. The van der Waals surface area contributed by atoms with Crippen molar-refractivity contribution >= 4 is 54.9 Å². The normalized spacial score (nSPS) is 14.3. The van der Waals surface area contributed by atoms with Crippen LogP contribution in [0, 0.1) is 39.9 Å². The molecule has 2 aromatic heterocycles. The van der Waals surface area contributed by atoms with Crippen LogP contribution in [0.5, 0.6) is 0 Å². The highest BCUT2D eigenvalue weighted by Crippen LogP contribution is 2.45. The molecule has 1 aliphatic rings. The molecule has 6 aromatic carbocycles. The molecule has 238 valence electrons. The van der Waals surface area contributed by atoms with E-state index in [2.05, 4.69) is 107 Å². The van der Waals surface area contributed by atoms with E-state index in [4.69, 9.17) is 0 Å². The summed E-state index contributed by atoms with van der Waals surface area (Å²) in [6, 6.07) is 50.0. The van der Waals surface area contributed by atoms with Crippen LogP contribution in [-0.2, 0) is 0 Å². The van der Waals surface area contributed by atoms with Gasteiger partial charge in [0.15, 0.2) is 0 Å². The highest BCUT2D eigenvalue weighted by atomic mass is 15.0. The molecule has 0 aliphatic heterocycles. The van der Waals surface area contributed by atoms with Crippen molar-refractivity contribution in [3.63, 3.8) is 0 Å². The van der Waals surface area contributed by atoms with Crippen molar-refractivity contribution in [2.24, 2.45) is 5.92 Å². The summed E-state index contributed by atoms with van der Waals surface area (Å²) in [6.45, 7) is 2.24. The molecular weight excluding hydrogens is 623 g/mol. The Kier molecular flexibility index (Phi) is 6.92. The van der Waals surface area contributed by atoms with Gasteiger partial charge in [0, 0.05) is 44.3 Å². The fourth-order valence-corrected chi connectivity index (χ4v) is 8.12. The van der Waals surface area contributed by atoms with Crippen molar-refractivity contribution in [2.75, 3.05) is 0 Å². The van der Waals surface area contributed by atoms with Crippen molar-refractivity contribution < 1.29 is 0 Å². The van der Waals surface area contributed by atoms with E-state index in [1.165, 1.54) is 0 Å². The molecule has 5 nitrogen and oxygen atoms in total. The first-order chi connectivity index (χ1) is 25.1. The second-order valence-electron chi connectivity index (χ2n) is 13.1. The van der Waals surface area contributed by atoms with Gasteiger partial charge in [0.1, 0.15) is 6.07 Å². The van der Waals surface area contributed by atoms with Gasteiger partial charge in [-0.1, -0.05) is 97.9 Å². The topological polar surface area (TPSA) is 81.2 Å². The lowest BCUT2D eigenvalue weighted by atomic mass is 9.85. The lowest BCUT2D eigenvalue weighted by Gasteiger charge is -2.27. The fourth-order valence-electron chi connectivity index (χ4n) is 8.12. The Bertz CT molecular complexity index is 2890. The number of hydrogen-bond acceptors (Lipinski definition) is 3. The molecule has 0 radical (unpaired) electrons. The number of nitriles is 3. The maximum Gasteiger partial charge on any atom is 0.102 e. The third kappa shape index (κ3) is 4.45. The molecule has 9 rings (SSSR count). The zero-order chi connectivity index (χ0) is 34.6. The van der Waals surface area contributed by atoms with Crippen LogP contribution < -0.4 is 0 Å². The smallest absolute Gasteiger partial charge is 0.102 e. The Balaban J connectivity index is 1.34. The molecule has 0 N–H and O–H groups in total. The first kappa shape index (κ1) is 30.0. The van der Waals surface area contributed by atoms with Crippen LogP contribution in [0.4, 0.5) is 0 Å². The molecule has 0 fully saturated rings. The lowest BCUT2D eigenvalue weighted by Crippen LogP contribution is -2.12. The number of rotatable bonds is 4. The van der Waals surface area contributed by atoms with Gasteiger partial charge in [-0.2, -0.15) is 15.8 Å². The van der Waals surface area contributed by atoms with Gasteiger partial charge in [-0.05, 0) is 66.1 Å². The largest absolute Gasteiger partial charge is 0.312 e. The number of hydrogen-bond donors (Lipinski definition) is 0. The molecule has 0 saturated heterocycles. The Morgan fingerprint density at radius 1 is 0.569 bits per heavy atom. The van der Waals surface area contributed by atoms with Crippen molar-refractivity contribution in [1.29, 1.82) is 15.8 Å². The maximum atomic E-state index is 10.9. The van der Waals surface area contributed by atoms with Gasteiger partial charge < -0.3 is 9.13 Å². The lowest BCUT2D eigenvalue weighted by molar-refractivity contribution is 0.728. The number of nitrogens with zero attached hydrogens (tertiary/aromatic N) is 5. The van der Waals surface area contributed by atoms with Crippen molar-refractivity contribution in [3.8, 4) is 35.0 Å². The Hall–Kier alpha value is -7.13. The average molecular weight is 652 g/mol. The standard InChI is InChI=1S/C46H29N5/c1-29-11-8-18-37(46(29)51-43-24-23-30(26-47)25-38(43)45-31(27-48)12-9-22-44(45)51)33-14-3-2-13-32(33)34-17-10-21-42(39(34)28-49)50-40-19-6-4-15-35(40)36-16-5-7-20-41(36)50/h2-10,12-25,29H,11H2,1H3. The molecule has 0 spiro atoms. The average Bonchev–Trinajstić information content (AvgIpc) is 3.70. The van der Waals surface area contributed by atoms with Crippen molar-refractivity contribution in [2.45, 2.75) is 13.3 Å². The van der Waals surface area contributed by atoms with Crippen LogP contribution >= 0.6 is 0 Å². The molecular formula is C46H29N5. The number of para-hydroxylation sites is 2. The summed E-state index contributed by atoms with van der Waals surface area (Å²) in [5.41, 5.74) is 11.6. The Morgan fingerprint density at radius 2 is 1.22 bits per heavy atom. The van der Waals surface area contributed by atoms with E-state index in [9.17, 15) is 15.8 Å². The van der Waals surface area contributed by atoms with Crippen LogP contribution in [0.3, 0.4) is 0 Å². The molecule has 0 bridgehead atoms. The number of allylic oxidation sites excluding steroid dienone is 4. The summed E-state index contributed by atoms with van der Waals surface area (Å²) in [5.74, 6) is 0.137. The minimum atomic E-state index is 0.137. The van der Waals surface area contributed by atoms with Crippen LogP contribution in [0.15, 0.2) is 140 Å². The van der Waals surface area contributed by atoms with Crippen LogP contribution in [0.2, 0.25) is 0 Å². The number of aromatic nitrogens is 2. The molecule has 0 amide bonds. The number of benzene rings is 6. The second-order valence-corrected chi connectivity index (χ2v) is 13.1. The fraction of sp³-hybridized carbons (Fsp3) is 0.0652. The summed E-state index contributed by atoms with van der Waals surface area (Å²) < 4.78 is 4.50. The molecule has 8 aromatic rings. The molecule has 2 heterocycles. The van der Waals surface area contributed by atoms with Crippen molar-refractivity contribution in [3.05, 3.63) is 162 Å². The molecule has 1 aliphatic carbocycles. The van der Waals surface area contributed by atoms with Gasteiger partial charge in [0.2, 0.25) is 0 Å². The summed E-state index contributed by atoms with van der Waals surface area (Å²) in [5, 5.41) is 34.9. The molecule has 0 saturated carbocycles. The molecule has 1 unspecified atom stereocenters. The Labute approximate surface area is 295 Å². The van der Waals surface area contributed by atoms with E-state index in [1.54, 1.807) is 0 Å². The minimum absolute atomic E-state index is 0.137. The molecule has 5 heteroatoms. The first-order valence-corrected chi connectivity index (χ1v) is 17.0. The van der Waals surface area contributed by atoms with Gasteiger partial charge in [0.25, 0.3) is 0 Å². The van der Waals surface area contributed by atoms with Crippen LogP contribution in [0.1, 0.15) is 35.6 Å². The predicted molar refractivity (Wildman–Crippen MR) is 206 cm³/mol. The van der Waals surface area contributed by atoms with E-state index in [1.807, 2.05) is 66.7 Å².